The maximum Gasteiger partial charge on any atom is 0.335 e. The second kappa shape index (κ2) is 6.29. The van der Waals surface area contributed by atoms with Crippen LogP contribution >= 0.6 is 7.60 Å². The zero-order chi connectivity index (χ0) is 13.7. The summed E-state index contributed by atoms with van der Waals surface area (Å²) in [5, 5.41) is 0.990. The molecule has 0 aliphatic rings. The van der Waals surface area contributed by atoms with Crippen LogP contribution in [-0.4, -0.2) is 18.2 Å². The van der Waals surface area contributed by atoms with Crippen LogP contribution in [0.2, 0.25) is 0 Å². The van der Waals surface area contributed by atoms with Crippen LogP contribution in [0, 0.1) is 0 Å². The van der Waals surface area contributed by atoms with Crippen LogP contribution in [0.3, 0.4) is 0 Å². The van der Waals surface area contributed by atoms with Crippen molar-refractivity contribution in [1.82, 2.24) is 4.98 Å². The first kappa shape index (κ1) is 14.2. The summed E-state index contributed by atoms with van der Waals surface area (Å²) in [6, 6.07) is 9.65. The second-order valence-corrected chi connectivity index (χ2v) is 6.15. The number of aromatic nitrogens is 1. The van der Waals surface area contributed by atoms with Crippen molar-refractivity contribution in [2.24, 2.45) is 0 Å². The molecule has 0 N–H and O–H groups in total. The summed E-state index contributed by atoms with van der Waals surface area (Å²) in [7, 11) is -3.07. The van der Waals surface area contributed by atoms with E-state index in [0.29, 0.717) is 13.2 Å². The molecule has 0 unspecified atom stereocenters. The van der Waals surface area contributed by atoms with Crippen LogP contribution in [0.4, 0.5) is 0 Å². The van der Waals surface area contributed by atoms with Crippen molar-refractivity contribution < 1.29 is 13.6 Å². The molecule has 1 heterocycles. The van der Waals surface area contributed by atoms with Gasteiger partial charge < -0.3 is 9.05 Å². The quantitative estimate of drug-likeness (QED) is 0.750. The van der Waals surface area contributed by atoms with E-state index in [4.69, 9.17) is 9.05 Å². The highest BCUT2D eigenvalue weighted by atomic mass is 31.2. The third kappa shape index (κ3) is 3.41. The molecule has 2 rings (SSSR count). The van der Waals surface area contributed by atoms with E-state index in [1.807, 2.05) is 44.2 Å². The molecule has 0 radical (unpaired) electrons. The third-order valence-electron chi connectivity index (χ3n) is 2.75. The predicted octanol–water partition coefficient (Wildman–Crippen LogP) is 4.00. The molecular formula is C14H18NO3P. The van der Waals surface area contributed by atoms with E-state index in [1.165, 1.54) is 0 Å². The number of para-hydroxylation sites is 1. The van der Waals surface area contributed by atoms with Gasteiger partial charge in [0, 0.05) is 11.6 Å². The van der Waals surface area contributed by atoms with Gasteiger partial charge in [0.05, 0.1) is 24.9 Å². The van der Waals surface area contributed by atoms with E-state index in [2.05, 4.69) is 4.98 Å². The maximum atomic E-state index is 12.6. The number of nitrogens with zero attached hydrogens (tertiary/aromatic N) is 1. The number of fused-ring (bicyclic) bond motifs is 1. The topological polar surface area (TPSA) is 48.4 Å². The molecule has 2 aromatic rings. The van der Waals surface area contributed by atoms with E-state index in [9.17, 15) is 4.57 Å². The molecule has 0 atom stereocenters. The highest BCUT2D eigenvalue weighted by molar-refractivity contribution is 7.53. The Labute approximate surface area is 113 Å². The lowest BCUT2D eigenvalue weighted by Gasteiger charge is -2.17. The fraction of sp³-hybridized carbons (Fsp3) is 0.357. The summed E-state index contributed by atoms with van der Waals surface area (Å²) < 4.78 is 23.2. The van der Waals surface area contributed by atoms with E-state index < -0.39 is 7.60 Å². The molecule has 19 heavy (non-hydrogen) atoms. The van der Waals surface area contributed by atoms with Crippen LogP contribution in [0.1, 0.15) is 19.4 Å². The van der Waals surface area contributed by atoms with Crippen molar-refractivity contribution in [1.29, 1.82) is 0 Å². The van der Waals surface area contributed by atoms with Crippen molar-refractivity contribution in [2.45, 2.75) is 20.0 Å². The molecule has 0 bridgehead atoms. The first-order valence-electron chi connectivity index (χ1n) is 6.39. The molecule has 5 heteroatoms. The highest BCUT2D eigenvalue weighted by Gasteiger charge is 2.24. The van der Waals surface area contributed by atoms with Crippen molar-refractivity contribution in [3.63, 3.8) is 0 Å². The SMILES string of the molecule is CCOP(=O)(Cc1ccnc2ccccc12)OCC. The van der Waals surface area contributed by atoms with Gasteiger partial charge in [-0.15, -0.1) is 0 Å². The molecule has 0 saturated heterocycles. The number of benzene rings is 1. The van der Waals surface area contributed by atoms with Crippen LogP contribution in [0.25, 0.3) is 10.9 Å². The van der Waals surface area contributed by atoms with Gasteiger partial charge in [-0.25, -0.2) is 0 Å². The van der Waals surface area contributed by atoms with Gasteiger partial charge >= 0.3 is 7.60 Å². The Morgan fingerprint density at radius 2 is 1.79 bits per heavy atom. The van der Waals surface area contributed by atoms with E-state index in [-0.39, 0.29) is 6.16 Å². The van der Waals surface area contributed by atoms with Gasteiger partial charge in [-0.1, -0.05) is 18.2 Å². The zero-order valence-electron chi connectivity index (χ0n) is 11.2. The zero-order valence-corrected chi connectivity index (χ0v) is 12.1. The molecule has 0 aliphatic heterocycles. The van der Waals surface area contributed by atoms with E-state index >= 15 is 0 Å². The lowest BCUT2D eigenvalue weighted by Crippen LogP contribution is -2.00. The van der Waals surface area contributed by atoms with Gasteiger partial charge in [0.1, 0.15) is 0 Å². The summed E-state index contributed by atoms with van der Waals surface area (Å²) >= 11 is 0. The van der Waals surface area contributed by atoms with Crippen LogP contribution in [-0.2, 0) is 19.8 Å². The van der Waals surface area contributed by atoms with Crippen molar-refractivity contribution in [2.75, 3.05) is 13.2 Å². The fourth-order valence-electron chi connectivity index (χ4n) is 2.02. The van der Waals surface area contributed by atoms with Gasteiger partial charge in [-0.2, -0.15) is 0 Å². The minimum atomic E-state index is -3.07. The smallest absolute Gasteiger partial charge is 0.309 e. The molecule has 102 valence electrons. The van der Waals surface area contributed by atoms with Gasteiger partial charge in [-0.3, -0.25) is 9.55 Å². The summed E-state index contributed by atoms with van der Waals surface area (Å²) in [6.07, 6.45) is 2.00. The predicted molar refractivity (Wildman–Crippen MR) is 76.3 cm³/mol. The Balaban J connectivity index is 2.36. The first-order valence-corrected chi connectivity index (χ1v) is 8.12. The number of hydrogen-bond donors (Lipinski definition) is 0. The van der Waals surface area contributed by atoms with Gasteiger partial charge in [0.25, 0.3) is 0 Å². The van der Waals surface area contributed by atoms with Crippen LogP contribution in [0.5, 0.6) is 0 Å². The number of rotatable bonds is 6. The standard InChI is InChI=1S/C14H18NO3P/c1-3-17-19(16,18-4-2)11-12-9-10-15-14-8-6-5-7-13(12)14/h5-10H,3-4,11H2,1-2H3. The molecule has 4 nitrogen and oxygen atoms in total. The fourth-order valence-corrected chi connectivity index (χ4v) is 3.76. The molecule has 0 aliphatic carbocycles. The summed E-state index contributed by atoms with van der Waals surface area (Å²) in [4.78, 5) is 4.29. The molecule has 0 saturated carbocycles. The minimum Gasteiger partial charge on any atom is -0.309 e. The minimum absolute atomic E-state index is 0.276. The summed E-state index contributed by atoms with van der Waals surface area (Å²) in [6.45, 7) is 4.38. The Morgan fingerprint density at radius 3 is 2.47 bits per heavy atom. The van der Waals surface area contributed by atoms with E-state index in [0.717, 1.165) is 16.5 Å². The van der Waals surface area contributed by atoms with Crippen molar-refractivity contribution >= 4 is 18.5 Å². The second-order valence-electron chi connectivity index (χ2n) is 4.09. The normalized spacial score (nSPS) is 11.9. The molecular weight excluding hydrogens is 261 g/mol. The first-order chi connectivity index (χ1) is 9.18. The monoisotopic (exact) mass is 279 g/mol. The molecule has 1 aromatic heterocycles. The maximum absolute atomic E-state index is 12.6. The van der Waals surface area contributed by atoms with Gasteiger partial charge in [0.15, 0.2) is 0 Å². The third-order valence-corrected chi connectivity index (χ3v) is 4.79. The average Bonchev–Trinajstić information content (AvgIpc) is 2.39. The van der Waals surface area contributed by atoms with Crippen LogP contribution in [0.15, 0.2) is 36.5 Å². The molecule has 0 spiro atoms. The lowest BCUT2D eigenvalue weighted by atomic mass is 10.1. The Bertz CT molecular complexity index is 585. The van der Waals surface area contributed by atoms with Gasteiger partial charge in [-0.05, 0) is 31.5 Å². The summed E-state index contributed by atoms with van der Waals surface area (Å²) in [5.41, 5.74) is 1.83. The highest BCUT2D eigenvalue weighted by Crippen LogP contribution is 2.51. The Kier molecular flexibility index (Phi) is 4.70. The molecule has 0 fully saturated rings. The Morgan fingerprint density at radius 1 is 1.11 bits per heavy atom. The van der Waals surface area contributed by atoms with Gasteiger partial charge in [0.2, 0.25) is 0 Å². The van der Waals surface area contributed by atoms with Crippen molar-refractivity contribution in [3.8, 4) is 0 Å². The largest absolute Gasteiger partial charge is 0.335 e. The Hall–Kier alpha value is -1.22. The number of pyridine rings is 1. The van der Waals surface area contributed by atoms with Crippen LogP contribution < -0.4 is 0 Å². The van der Waals surface area contributed by atoms with Crippen molar-refractivity contribution in [3.05, 3.63) is 42.1 Å². The summed E-state index contributed by atoms with van der Waals surface area (Å²) in [5.74, 6) is 0. The molecule has 0 amide bonds. The average molecular weight is 279 g/mol. The molecule has 1 aromatic carbocycles. The lowest BCUT2D eigenvalue weighted by molar-refractivity contribution is 0.219. The number of hydrogen-bond acceptors (Lipinski definition) is 4. The van der Waals surface area contributed by atoms with E-state index in [1.54, 1.807) is 6.20 Å².